The van der Waals surface area contributed by atoms with Gasteiger partial charge in [-0.1, -0.05) is 26.0 Å². The number of nitrogens with two attached hydrogens (primary N) is 2. The summed E-state index contributed by atoms with van der Waals surface area (Å²) in [7, 11) is 3.54. The van der Waals surface area contributed by atoms with Crippen LogP contribution < -0.4 is 21.5 Å². The van der Waals surface area contributed by atoms with E-state index in [4.69, 9.17) is 10.5 Å². The second-order valence-electron chi connectivity index (χ2n) is 7.18. The van der Waals surface area contributed by atoms with Crippen LogP contribution in [0.5, 0.6) is 5.75 Å². The highest BCUT2D eigenvalue weighted by molar-refractivity contribution is 5.98. The van der Waals surface area contributed by atoms with Crippen LogP contribution in [-0.4, -0.2) is 38.1 Å². The number of alkyl halides is 1. The number of ether oxygens (including phenoxy) is 1. The number of hydrogen-bond acceptors (Lipinski definition) is 5. The number of pyridine rings is 1. The normalized spacial score (nSPS) is 11.4. The number of likely N-dealkylation sites (N-methyl/N-ethyl adjacent to an activating group) is 1. The third-order valence-electron chi connectivity index (χ3n) is 4.45. The van der Waals surface area contributed by atoms with Gasteiger partial charge in [0, 0.05) is 24.0 Å². The van der Waals surface area contributed by atoms with Crippen molar-refractivity contribution in [3.8, 4) is 5.75 Å². The number of aryl methyl sites for hydroxylation is 3. The molecule has 0 fully saturated rings. The van der Waals surface area contributed by atoms with Gasteiger partial charge in [0.25, 0.3) is 0 Å². The molecule has 32 heavy (non-hydrogen) atoms. The molecule has 1 atom stereocenters. The molecule has 0 bridgehead atoms. The second-order valence-corrected chi connectivity index (χ2v) is 7.18. The van der Waals surface area contributed by atoms with Crippen molar-refractivity contribution in [3.63, 3.8) is 0 Å². The summed E-state index contributed by atoms with van der Waals surface area (Å²) < 4.78 is 18.3. The van der Waals surface area contributed by atoms with Gasteiger partial charge in [0.1, 0.15) is 17.8 Å². The van der Waals surface area contributed by atoms with Gasteiger partial charge in [-0.2, -0.15) is 0 Å². The Morgan fingerprint density at radius 3 is 2.50 bits per heavy atom. The number of amidine groups is 1. The Morgan fingerprint density at radius 2 is 2.00 bits per heavy atom. The highest BCUT2D eigenvalue weighted by atomic mass is 19.1. The van der Waals surface area contributed by atoms with Gasteiger partial charge >= 0.3 is 0 Å². The molecule has 0 aliphatic heterocycles. The Morgan fingerprint density at radius 1 is 1.34 bits per heavy atom. The van der Waals surface area contributed by atoms with Crippen molar-refractivity contribution >= 4 is 5.84 Å². The van der Waals surface area contributed by atoms with Gasteiger partial charge in [0.05, 0.1) is 13.7 Å². The van der Waals surface area contributed by atoms with Crippen LogP contribution in [0.4, 0.5) is 4.39 Å². The molecule has 7 heteroatoms. The Bertz CT molecular complexity index is 837. The number of halogens is 1. The molecular formula is C25H40FN5O. The number of nitrogens with one attached hydrogen (secondary N) is 1. The molecule has 1 unspecified atom stereocenters. The molecule has 178 valence electrons. The Hall–Kier alpha value is -2.93. The molecule has 0 saturated heterocycles. The molecule has 1 heterocycles. The predicted octanol–water partition coefficient (Wildman–Crippen LogP) is 4.39. The molecule has 2 aromatic rings. The van der Waals surface area contributed by atoms with Crippen LogP contribution in [0.3, 0.4) is 0 Å². The van der Waals surface area contributed by atoms with Crippen molar-refractivity contribution in [2.45, 2.75) is 46.7 Å². The Kier molecular flexibility index (Phi) is 15.2. The first-order valence-electron chi connectivity index (χ1n) is 10.8. The van der Waals surface area contributed by atoms with E-state index in [2.05, 4.69) is 34.5 Å². The third kappa shape index (κ3) is 10.9. The van der Waals surface area contributed by atoms with Crippen LogP contribution in [0.25, 0.3) is 0 Å². The van der Waals surface area contributed by atoms with Gasteiger partial charge < -0.3 is 21.5 Å². The van der Waals surface area contributed by atoms with Crippen LogP contribution in [0.15, 0.2) is 48.2 Å². The Balaban J connectivity index is 0.000000536. The maximum atomic E-state index is 13.0. The monoisotopic (exact) mass is 445 g/mol. The summed E-state index contributed by atoms with van der Waals surface area (Å²) >= 11 is 0. The lowest BCUT2D eigenvalue weighted by atomic mass is 10.0. The topological polar surface area (TPSA) is 98.5 Å². The molecule has 1 aromatic carbocycles. The van der Waals surface area contributed by atoms with E-state index in [0.717, 1.165) is 53.1 Å². The quantitative estimate of drug-likeness (QED) is 0.318. The molecule has 0 radical (unpaired) electrons. The lowest BCUT2D eigenvalue weighted by Gasteiger charge is -2.10. The average molecular weight is 446 g/mol. The molecular weight excluding hydrogens is 405 g/mol. The van der Waals surface area contributed by atoms with Gasteiger partial charge in [-0.25, -0.2) is 4.39 Å². The van der Waals surface area contributed by atoms with Gasteiger partial charge in [-0.3, -0.25) is 9.98 Å². The fraction of sp³-hybridized carbons (Fsp3) is 0.440. The minimum absolute atomic E-state index is 0.565. The SMILES string of the molecule is C=CN.CCCc1cc(C(C)F)ccc1OC.CNCCN=C(N)c1cnc(C)cc1C. The summed E-state index contributed by atoms with van der Waals surface area (Å²) in [5.41, 5.74) is 15.4. The van der Waals surface area contributed by atoms with E-state index in [-0.39, 0.29) is 0 Å². The van der Waals surface area contributed by atoms with Crippen LogP contribution in [0.1, 0.15) is 54.4 Å². The van der Waals surface area contributed by atoms with E-state index in [1.807, 2.05) is 39.1 Å². The fourth-order valence-electron chi connectivity index (χ4n) is 2.85. The van der Waals surface area contributed by atoms with Crippen molar-refractivity contribution in [1.82, 2.24) is 10.3 Å². The molecule has 5 N–H and O–H groups in total. The number of aliphatic imine (C=N–C) groups is 1. The first-order chi connectivity index (χ1) is 15.2. The zero-order valence-electron chi connectivity index (χ0n) is 20.4. The predicted molar refractivity (Wildman–Crippen MR) is 134 cm³/mol. The molecule has 1 aromatic heterocycles. The maximum Gasteiger partial charge on any atom is 0.127 e. The van der Waals surface area contributed by atoms with Gasteiger partial charge in [0.2, 0.25) is 0 Å². The van der Waals surface area contributed by atoms with E-state index in [0.29, 0.717) is 12.4 Å². The van der Waals surface area contributed by atoms with Crippen LogP contribution >= 0.6 is 0 Å². The van der Waals surface area contributed by atoms with Gasteiger partial charge in [-0.05, 0) is 75.3 Å². The number of hydrogen-bond donors (Lipinski definition) is 3. The number of benzene rings is 1. The number of aromatic nitrogens is 1. The minimum atomic E-state index is -0.906. The Labute approximate surface area is 193 Å². The zero-order chi connectivity index (χ0) is 24.5. The van der Waals surface area contributed by atoms with Crippen LogP contribution in [0, 0.1) is 13.8 Å². The molecule has 0 aliphatic carbocycles. The minimum Gasteiger partial charge on any atom is -0.496 e. The van der Waals surface area contributed by atoms with Gasteiger partial charge in [-0.15, -0.1) is 0 Å². The average Bonchev–Trinajstić information content (AvgIpc) is 2.75. The van der Waals surface area contributed by atoms with E-state index in [1.54, 1.807) is 26.3 Å². The fourth-order valence-corrected chi connectivity index (χ4v) is 2.85. The maximum absolute atomic E-state index is 13.0. The molecule has 0 aliphatic rings. The highest BCUT2D eigenvalue weighted by Gasteiger charge is 2.07. The number of nitrogens with zero attached hydrogens (tertiary/aromatic N) is 2. The lowest BCUT2D eigenvalue weighted by molar-refractivity contribution is 0.372. The smallest absolute Gasteiger partial charge is 0.127 e. The molecule has 2 rings (SSSR count). The van der Waals surface area contributed by atoms with Crippen molar-refractivity contribution < 1.29 is 9.13 Å². The van der Waals surface area contributed by atoms with Crippen molar-refractivity contribution in [2.75, 3.05) is 27.2 Å². The summed E-state index contributed by atoms with van der Waals surface area (Å²) in [6.45, 7) is 12.3. The summed E-state index contributed by atoms with van der Waals surface area (Å²) in [5, 5.41) is 3.02. The zero-order valence-corrected chi connectivity index (χ0v) is 20.4. The first kappa shape index (κ1) is 29.1. The summed E-state index contributed by atoms with van der Waals surface area (Å²) in [4.78, 5) is 8.48. The standard InChI is InChI=1S/C12H17FO.C11H18N4.C2H5N/c1-4-5-11-8-10(9(2)13)6-7-12(11)14-3;1-8-6-9(2)15-7-10(8)11(12)14-5-4-13-3;1-2-3/h6-9H,4-5H2,1-3H3;6-7,13H,4-5H2,1-3H3,(H2,12,14);2H,1,3H2. The van der Waals surface area contributed by atoms with E-state index in [9.17, 15) is 4.39 Å². The van der Waals surface area contributed by atoms with Crippen molar-refractivity contribution in [1.29, 1.82) is 0 Å². The number of rotatable bonds is 8. The van der Waals surface area contributed by atoms with Crippen LogP contribution in [0.2, 0.25) is 0 Å². The molecule has 0 spiro atoms. The molecule has 6 nitrogen and oxygen atoms in total. The number of methoxy groups -OCH3 is 1. The third-order valence-corrected chi connectivity index (χ3v) is 4.45. The first-order valence-corrected chi connectivity index (χ1v) is 10.8. The largest absolute Gasteiger partial charge is 0.496 e. The van der Waals surface area contributed by atoms with E-state index < -0.39 is 6.17 Å². The van der Waals surface area contributed by atoms with Gasteiger partial charge in [0.15, 0.2) is 0 Å². The van der Waals surface area contributed by atoms with E-state index >= 15 is 0 Å². The van der Waals surface area contributed by atoms with Crippen LogP contribution in [-0.2, 0) is 6.42 Å². The van der Waals surface area contributed by atoms with Crippen molar-refractivity contribution in [3.05, 3.63) is 71.2 Å². The lowest BCUT2D eigenvalue weighted by Crippen LogP contribution is -2.19. The molecule has 0 saturated carbocycles. The highest BCUT2D eigenvalue weighted by Crippen LogP contribution is 2.25. The van der Waals surface area contributed by atoms with Crippen molar-refractivity contribution in [2.24, 2.45) is 16.5 Å². The van der Waals surface area contributed by atoms with E-state index in [1.165, 1.54) is 6.20 Å². The summed E-state index contributed by atoms with van der Waals surface area (Å²) in [6, 6.07) is 7.53. The second kappa shape index (κ2) is 16.7. The summed E-state index contributed by atoms with van der Waals surface area (Å²) in [5.74, 6) is 1.42. The summed E-state index contributed by atoms with van der Waals surface area (Å²) in [6.07, 6.45) is 4.10. The molecule has 0 amide bonds.